The smallest absolute Gasteiger partial charge is 0.315 e. The van der Waals surface area contributed by atoms with E-state index >= 15 is 0 Å². The number of carbonyl (C=O) groups excluding carboxylic acids is 6. The van der Waals surface area contributed by atoms with Crippen LogP contribution in [-0.4, -0.2) is 208 Å². The number of benzene rings is 3. The van der Waals surface area contributed by atoms with Gasteiger partial charge in [-0.25, -0.2) is 4.79 Å². The molecule has 8 N–H and O–H groups in total. The number of nitrogens with one attached hydrogen (secondary N) is 8. The lowest BCUT2D eigenvalue weighted by atomic mass is 9.79. The van der Waals surface area contributed by atoms with Gasteiger partial charge < -0.3 is 89.9 Å². The summed E-state index contributed by atoms with van der Waals surface area (Å²) in [6.45, 7) is 16.3. The van der Waals surface area contributed by atoms with Crippen LogP contribution in [-0.2, 0) is 70.2 Å². The van der Waals surface area contributed by atoms with Gasteiger partial charge in [0.25, 0.3) is 0 Å². The minimum absolute atomic E-state index is 0.0189. The summed E-state index contributed by atoms with van der Waals surface area (Å²) in [5.41, 5.74) is 1.78. The van der Waals surface area contributed by atoms with Crippen molar-refractivity contribution in [3.63, 3.8) is 0 Å². The SMILES string of the molecule is COc1cc(/C=C/C(=O)NC(Cc2ccc(OCc3c(Cl)cccc3Cl)cc2)C(=O)NC2CC(C)(C)NC(C)(C)C2)cc(Br)c1OCCOCCOCCOCCOCCOCCOCCOCCNC(=O)CCCCCNC(=O)CCCCCNC(=O)CCCC[C@@H]1SC[C@@H]2NC(=O)N[C@@H]21. The molecule has 0 bridgehead atoms. The zero-order valence-corrected chi connectivity index (χ0v) is 63.5. The van der Waals surface area contributed by atoms with Gasteiger partial charge in [-0.2, -0.15) is 11.8 Å². The maximum Gasteiger partial charge on any atom is 0.315 e. The third kappa shape index (κ3) is 34.8. The molecule has 4 atom stereocenters. The highest BCUT2D eigenvalue weighted by Gasteiger charge is 2.43. The topological polar surface area (TPSA) is 291 Å². The fourth-order valence-corrected chi connectivity index (χ4v) is 14.8. The van der Waals surface area contributed by atoms with E-state index in [9.17, 15) is 28.8 Å². The van der Waals surface area contributed by atoms with Crippen molar-refractivity contribution in [3.05, 3.63) is 91.9 Å². The second-order valence-electron chi connectivity index (χ2n) is 26.4. The fourth-order valence-electron chi connectivity index (χ4n) is 12.1. The van der Waals surface area contributed by atoms with Crippen LogP contribution < -0.4 is 56.7 Å². The molecule has 3 aromatic rings. The Morgan fingerprint density at radius 2 is 1.15 bits per heavy atom. The predicted molar refractivity (Wildman–Crippen MR) is 396 cm³/mol. The van der Waals surface area contributed by atoms with Gasteiger partial charge in [0.05, 0.1) is 116 Å². The Kier molecular flexibility index (Phi) is 40.0. The summed E-state index contributed by atoms with van der Waals surface area (Å²) < 4.78 is 57.5. The van der Waals surface area contributed by atoms with Crippen molar-refractivity contribution in [3.8, 4) is 17.2 Å². The number of ether oxygens (including phenoxy) is 10. The number of carbonyl (C=O) groups is 6. The molecule has 3 aliphatic heterocycles. The quantitative estimate of drug-likeness (QED) is 0.0148. The number of methoxy groups -OCH3 is 1. The number of amides is 7. The van der Waals surface area contributed by atoms with Gasteiger partial charge in [0, 0.05) is 95.1 Å². The molecule has 0 radical (unpaired) electrons. The summed E-state index contributed by atoms with van der Waals surface area (Å²) in [6, 6.07) is 15.6. The molecule has 3 aromatic carbocycles. The third-order valence-corrected chi connectivity index (χ3v) is 19.6. The molecule has 0 saturated carbocycles. The zero-order valence-electron chi connectivity index (χ0n) is 59.6. The molecule has 0 spiro atoms. The van der Waals surface area contributed by atoms with E-state index in [1.165, 1.54) is 13.2 Å². The van der Waals surface area contributed by atoms with Crippen LogP contribution in [0.4, 0.5) is 4.79 Å². The monoisotopic (exact) mass is 1530 g/mol. The molecular weight excluding hydrogens is 1430 g/mol. The Hall–Kier alpha value is -5.49. The second kappa shape index (κ2) is 47.8. The summed E-state index contributed by atoms with van der Waals surface area (Å²) in [5, 5.41) is 26.1. The lowest BCUT2D eigenvalue weighted by molar-refractivity contribution is -0.128. The van der Waals surface area contributed by atoms with E-state index in [1.807, 2.05) is 42.1 Å². The van der Waals surface area contributed by atoms with Gasteiger partial charge in [0.15, 0.2) is 11.5 Å². The van der Waals surface area contributed by atoms with Crippen LogP contribution in [0.5, 0.6) is 17.2 Å². The van der Waals surface area contributed by atoms with Crippen molar-refractivity contribution >= 4 is 92.5 Å². The van der Waals surface area contributed by atoms with Crippen LogP contribution in [0, 0.1) is 0 Å². The molecule has 1 unspecified atom stereocenters. The highest BCUT2D eigenvalue weighted by molar-refractivity contribution is 9.10. The average Bonchev–Trinajstić information content (AvgIpc) is 1.77. The molecule has 564 valence electrons. The van der Waals surface area contributed by atoms with E-state index in [1.54, 1.807) is 30.3 Å². The van der Waals surface area contributed by atoms with Crippen molar-refractivity contribution in [1.29, 1.82) is 0 Å². The van der Waals surface area contributed by atoms with Gasteiger partial charge in [-0.15, -0.1) is 0 Å². The lowest BCUT2D eigenvalue weighted by Crippen LogP contribution is -2.63. The van der Waals surface area contributed by atoms with Crippen molar-refractivity contribution in [1.82, 2.24) is 42.5 Å². The van der Waals surface area contributed by atoms with Crippen molar-refractivity contribution in [2.24, 2.45) is 0 Å². The van der Waals surface area contributed by atoms with Crippen molar-refractivity contribution in [2.75, 3.05) is 132 Å². The summed E-state index contributed by atoms with van der Waals surface area (Å²) in [5.74, 6) is 1.84. The molecule has 0 aromatic heterocycles. The molecule has 7 amide bonds. The van der Waals surface area contributed by atoms with Crippen LogP contribution >= 0.6 is 50.9 Å². The van der Waals surface area contributed by atoms with Gasteiger partial charge in [-0.3, -0.25) is 24.0 Å². The van der Waals surface area contributed by atoms with E-state index < -0.39 is 11.9 Å². The van der Waals surface area contributed by atoms with Crippen molar-refractivity contribution in [2.45, 2.75) is 171 Å². The number of rotatable bonds is 53. The van der Waals surface area contributed by atoms with Gasteiger partial charge in [0.1, 0.15) is 25.0 Å². The number of urea groups is 1. The van der Waals surface area contributed by atoms with Crippen molar-refractivity contribution < 1.29 is 76.1 Å². The average molecular weight is 1540 g/mol. The Labute approximate surface area is 619 Å². The molecule has 6 rings (SSSR count). The summed E-state index contributed by atoms with van der Waals surface area (Å²) in [6.07, 6.45) is 13.8. The van der Waals surface area contributed by atoms with E-state index in [0.717, 1.165) is 81.9 Å². The summed E-state index contributed by atoms with van der Waals surface area (Å²) in [4.78, 5) is 75.8. The van der Waals surface area contributed by atoms with Crippen LogP contribution in [0.3, 0.4) is 0 Å². The lowest BCUT2D eigenvalue weighted by Gasteiger charge is -2.46. The van der Waals surface area contributed by atoms with Gasteiger partial charge in [0.2, 0.25) is 29.5 Å². The Morgan fingerprint density at radius 3 is 1.69 bits per heavy atom. The number of halogens is 3. The minimum atomic E-state index is -0.879. The standard InChI is InChI=1S/C73H109BrCl2N8O16S/c1-72(2)48-54(49-73(3,4)84-72)80-70(89)60(46-52-21-24-55(25-22-52)100-50-56-58(75)15-14-16-59(56)76)81-67(88)26-23-53-45-57(74)69(62(47-53)91-5)99-44-43-98-42-41-97-40-39-96-38-37-95-36-35-94-34-33-93-32-31-92-30-29-79-66(87)19-9-7-13-27-77-64(85)18-8-6-12-28-78-65(86)20-11-10-17-63-68-61(51-101-63)82-71(90)83-68/h14-16,21-26,45,47,54,60-61,63,68,84H,6-13,17-20,27-44,46,48-51H2,1-5H3,(H,77,85)(H,78,86)(H,79,87)(H,80,89)(H,81,88)(H2,82,83,90)/b26-23+/t60?,61-,63-,68-/m0/s1. The van der Waals surface area contributed by atoms with Crippen LogP contribution in [0.1, 0.15) is 134 Å². The van der Waals surface area contributed by atoms with Crippen LogP contribution in [0.25, 0.3) is 6.08 Å². The number of hydrogen-bond donors (Lipinski definition) is 8. The fraction of sp³-hybridized carbons (Fsp3) is 0.644. The molecule has 3 saturated heterocycles. The first kappa shape index (κ1) is 84.4. The first-order valence-corrected chi connectivity index (χ1v) is 38.1. The maximum absolute atomic E-state index is 14.1. The first-order valence-electron chi connectivity index (χ1n) is 35.5. The molecular formula is C73H109BrCl2N8O16S. The predicted octanol–water partition coefficient (Wildman–Crippen LogP) is 9.20. The number of fused-ring (bicyclic) bond motifs is 1. The summed E-state index contributed by atoms with van der Waals surface area (Å²) in [7, 11) is 1.54. The molecule has 3 heterocycles. The summed E-state index contributed by atoms with van der Waals surface area (Å²) >= 11 is 18.2. The first-order chi connectivity index (χ1) is 48.8. The normalized spacial score (nSPS) is 17.2. The van der Waals surface area contributed by atoms with Gasteiger partial charge >= 0.3 is 6.03 Å². The van der Waals surface area contributed by atoms with E-state index in [2.05, 4.69) is 86.2 Å². The molecule has 28 heteroatoms. The third-order valence-electron chi connectivity index (χ3n) is 16.8. The Balaban J connectivity index is 0.684. The van der Waals surface area contributed by atoms with Crippen LogP contribution in [0.15, 0.2) is 65.1 Å². The van der Waals surface area contributed by atoms with Crippen LogP contribution in [0.2, 0.25) is 10.0 Å². The van der Waals surface area contributed by atoms with E-state index in [4.69, 9.17) is 70.6 Å². The zero-order chi connectivity index (χ0) is 72.5. The number of unbranched alkanes of at least 4 members (excludes halogenated alkanes) is 5. The van der Waals surface area contributed by atoms with E-state index in [0.29, 0.717) is 180 Å². The van der Waals surface area contributed by atoms with Gasteiger partial charge in [-0.05, 0) is 149 Å². The second-order valence-corrected chi connectivity index (χ2v) is 29.4. The Morgan fingerprint density at radius 1 is 0.634 bits per heavy atom. The number of piperidine rings is 1. The number of thioether (sulfide) groups is 1. The molecule has 3 aliphatic rings. The highest BCUT2D eigenvalue weighted by Crippen LogP contribution is 2.38. The van der Waals surface area contributed by atoms with E-state index in [-0.39, 0.29) is 78.5 Å². The largest absolute Gasteiger partial charge is 0.493 e. The molecule has 0 aliphatic carbocycles. The number of hydrogen-bond acceptors (Lipinski definition) is 18. The molecule has 3 fully saturated rings. The minimum Gasteiger partial charge on any atom is -0.493 e. The molecule has 101 heavy (non-hydrogen) atoms. The molecule has 24 nitrogen and oxygen atoms in total. The van der Waals surface area contributed by atoms with Gasteiger partial charge in [-0.1, -0.05) is 60.7 Å². The highest BCUT2D eigenvalue weighted by atomic mass is 79.9. The maximum atomic E-state index is 14.1. The Bertz CT molecular complexity index is 2980.